The van der Waals surface area contributed by atoms with Gasteiger partial charge >= 0.3 is 0 Å². The Morgan fingerprint density at radius 1 is 1.07 bits per heavy atom. The van der Waals surface area contributed by atoms with Gasteiger partial charge in [0.1, 0.15) is 17.3 Å². The molecule has 0 atom stereocenters. The topological polar surface area (TPSA) is 56.6 Å². The zero-order valence-corrected chi connectivity index (χ0v) is 16.5. The molecule has 0 N–H and O–H groups in total. The van der Waals surface area contributed by atoms with Crippen LogP contribution in [0.5, 0.6) is 11.5 Å². The molecule has 1 amide bonds. The first-order valence-corrected chi connectivity index (χ1v) is 9.21. The Morgan fingerprint density at radius 2 is 1.82 bits per heavy atom. The first kappa shape index (κ1) is 19.5. The van der Waals surface area contributed by atoms with Crippen LogP contribution in [-0.4, -0.2) is 41.1 Å². The fourth-order valence-electron chi connectivity index (χ4n) is 3.00. The van der Waals surface area contributed by atoms with Gasteiger partial charge in [0.25, 0.3) is 5.91 Å². The van der Waals surface area contributed by atoms with Crippen LogP contribution in [0.4, 0.5) is 0 Å². The van der Waals surface area contributed by atoms with Gasteiger partial charge in [-0.3, -0.25) is 4.79 Å². The second kappa shape index (κ2) is 9.08. The minimum atomic E-state index is -0.0413. The van der Waals surface area contributed by atoms with Crippen molar-refractivity contribution in [2.24, 2.45) is 0 Å². The highest BCUT2D eigenvalue weighted by Gasteiger charge is 2.17. The Balaban J connectivity index is 1.74. The fraction of sp³-hybridized carbons (Fsp3) is 0.273. The van der Waals surface area contributed by atoms with Gasteiger partial charge in [0, 0.05) is 31.0 Å². The molecule has 0 aliphatic carbocycles. The quantitative estimate of drug-likeness (QED) is 0.600. The highest BCUT2D eigenvalue weighted by atomic mass is 16.5. The summed E-state index contributed by atoms with van der Waals surface area (Å²) in [5.74, 6) is 2.30. The van der Waals surface area contributed by atoms with E-state index in [1.54, 1.807) is 37.4 Å². The van der Waals surface area contributed by atoms with Crippen LogP contribution >= 0.6 is 0 Å². The Morgan fingerprint density at radius 3 is 2.50 bits per heavy atom. The molecule has 0 aliphatic heterocycles. The van der Waals surface area contributed by atoms with Crippen molar-refractivity contribution < 1.29 is 14.3 Å². The molecule has 1 aromatic heterocycles. The summed E-state index contributed by atoms with van der Waals surface area (Å²) in [6.45, 7) is 3.68. The summed E-state index contributed by atoms with van der Waals surface area (Å²) in [5.41, 5.74) is 1.75. The normalized spacial score (nSPS) is 10.5. The SMILES string of the molecule is CCN(Cc1nccn1Cc1ccc(OC)cc1)C(=O)c1cccc(OC)c1. The number of aromatic nitrogens is 2. The molecular weight excluding hydrogens is 354 g/mol. The summed E-state index contributed by atoms with van der Waals surface area (Å²) >= 11 is 0. The number of rotatable bonds is 8. The van der Waals surface area contributed by atoms with E-state index in [1.165, 1.54) is 0 Å². The van der Waals surface area contributed by atoms with Crippen molar-refractivity contribution in [3.8, 4) is 11.5 Å². The predicted octanol–water partition coefficient (Wildman–Crippen LogP) is 3.61. The maximum absolute atomic E-state index is 12.9. The zero-order chi connectivity index (χ0) is 19.9. The maximum atomic E-state index is 12.9. The van der Waals surface area contributed by atoms with Gasteiger partial charge in [-0.25, -0.2) is 4.98 Å². The summed E-state index contributed by atoms with van der Waals surface area (Å²) < 4.78 is 12.5. The number of hydrogen-bond acceptors (Lipinski definition) is 4. The van der Waals surface area contributed by atoms with Crippen LogP contribution in [0.25, 0.3) is 0 Å². The van der Waals surface area contributed by atoms with Gasteiger partial charge in [0.15, 0.2) is 0 Å². The molecule has 2 aromatic carbocycles. The van der Waals surface area contributed by atoms with Crippen molar-refractivity contribution >= 4 is 5.91 Å². The number of ether oxygens (including phenoxy) is 2. The largest absolute Gasteiger partial charge is 0.497 e. The van der Waals surface area contributed by atoms with Crippen LogP contribution in [0.15, 0.2) is 60.9 Å². The lowest BCUT2D eigenvalue weighted by molar-refractivity contribution is 0.0746. The Hall–Kier alpha value is -3.28. The summed E-state index contributed by atoms with van der Waals surface area (Å²) in [5, 5.41) is 0. The molecule has 0 spiro atoms. The van der Waals surface area contributed by atoms with Crippen molar-refractivity contribution in [1.82, 2.24) is 14.5 Å². The van der Waals surface area contributed by atoms with Crippen LogP contribution in [0.3, 0.4) is 0 Å². The van der Waals surface area contributed by atoms with Crippen LogP contribution in [0.1, 0.15) is 28.7 Å². The minimum absolute atomic E-state index is 0.0413. The second-order valence-corrected chi connectivity index (χ2v) is 6.37. The van der Waals surface area contributed by atoms with Crippen molar-refractivity contribution in [2.45, 2.75) is 20.0 Å². The van der Waals surface area contributed by atoms with Gasteiger partial charge < -0.3 is 18.9 Å². The van der Waals surface area contributed by atoms with Gasteiger partial charge in [0.2, 0.25) is 0 Å². The molecule has 146 valence electrons. The molecule has 3 rings (SSSR count). The third-order valence-electron chi connectivity index (χ3n) is 4.63. The van der Waals surface area contributed by atoms with Gasteiger partial charge in [0.05, 0.1) is 20.8 Å². The summed E-state index contributed by atoms with van der Waals surface area (Å²) in [6.07, 6.45) is 3.70. The molecule has 0 unspecified atom stereocenters. The van der Waals surface area contributed by atoms with E-state index in [4.69, 9.17) is 9.47 Å². The number of methoxy groups -OCH3 is 2. The molecule has 28 heavy (non-hydrogen) atoms. The number of carbonyl (C=O) groups is 1. The monoisotopic (exact) mass is 379 g/mol. The van der Waals surface area contributed by atoms with Crippen LogP contribution in [0, 0.1) is 0 Å². The number of benzene rings is 2. The van der Waals surface area contributed by atoms with Crippen molar-refractivity contribution in [3.63, 3.8) is 0 Å². The molecule has 6 heteroatoms. The Bertz CT molecular complexity index is 919. The van der Waals surface area contributed by atoms with Crippen LogP contribution in [-0.2, 0) is 13.1 Å². The first-order valence-electron chi connectivity index (χ1n) is 9.21. The smallest absolute Gasteiger partial charge is 0.254 e. The molecule has 6 nitrogen and oxygen atoms in total. The lowest BCUT2D eigenvalue weighted by Gasteiger charge is -2.21. The van der Waals surface area contributed by atoms with Crippen molar-refractivity contribution in [2.75, 3.05) is 20.8 Å². The molecule has 1 heterocycles. The number of amides is 1. The average Bonchev–Trinajstić information content (AvgIpc) is 3.18. The predicted molar refractivity (Wildman–Crippen MR) is 108 cm³/mol. The highest BCUT2D eigenvalue weighted by Crippen LogP contribution is 2.17. The molecule has 0 radical (unpaired) electrons. The van der Waals surface area contributed by atoms with Gasteiger partial charge in [-0.2, -0.15) is 0 Å². The number of nitrogens with zero attached hydrogens (tertiary/aromatic N) is 3. The maximum Gasteiger partial charge on any atom is 0.254 e. The van der Waals surface area contributed by atoms with E-state index in [0.717, 1.165) is 17.1 Å². The Kier molecular flexibility index (Phi) is 6.32. The fourth-order valence-corrected chi connectivity index (χ4v) is 3.00. The van der Waals surface area contributed by atoms with E-state index in [9.17, 15) is 4.79 Å². The number of hydrogen-bond donors (Lipinski definition) is 0. The summed E-state index contributed by atoms with van der Waals surface area (Å²) in [7, 11) is 3.25. The standard InChI is InChI=1S/C22H25N3O3/c1-4-24(22(26)18-6-5-7-20(14-18)28-3)16-21-23-12-13-25(21)15-17-8-10-19(27-2)11-9-17/h5-14H,4,15-16H2,1-3H3. The summed E-state index contributed by atoms with van der Waals surface area (Å²) in [4.78, 5) is 19.2. The third-order valence-corrected chi connectivity index (χ3v) is 4.63. The molecule has 0 fully saturated rings. The van der Waals surface area contributed by atoms with E-state index >= 15 is 0 Å². The van der Waals surface area contributed by atoms with Crippen LogP contribution in [0.2, 0.25) is 0 Å². The van der Waals surface area contributed by atoms with E-state index in [0.29, 0.717) is 30.9 Å². The van der Waals surface area contributed by atoms with Crippen molar-refractivity contribution in [1.29, 1.82) is 0 Å². The van der Waals surface area contributed by atoms with E-state index in [-0.39, 0.29) is 5.91 Å². The first-order chi connectivity index (χ1) is 13.6. The van der Waals surface area contributed by atoms with Crippen molar-refractivity contribution in [3.05, 3.63) is 77.9 Å². The zero-order valence-electron chi connectivity index (χ0n) is 16.5. The molecule has 0 aliphatic rings. The average molecular weight is 379 g/mol. The lowest BCUT2D eigenvalue weighted by Crippen LogP contribution is -2.31. The summed E-state index contributed by atoms with van der Waals surface area (Å²) in [6, 6.07) is 15.2. The molecular formula is C22H25N3O3. The highest BCUT2D eigenvalue weighted by molar-refractivity contribution is 5.94. The lowest BCUT2D eigenvalue weighted by atomic mass is 10.2. The van der Waals surface area contributed by atoms with Gasteiger partial charge in [-0.1, -0.05) is 18.2 Å². The Labute approximate surface area is 165 Å². The molecule has 3 aromatic rings. The third kappa shape index (κ3) is 4.52. The van der Waals surface area contributed by atoms with Crippen LogP contribution < -0.4 is 9.47 Å². The number of carbonyl (C=O) groups excluding carboxylic acids is 1. The molecule has 0 bridgehead atoms. The van der Waals surface area contributed by atoms with Gasteiger partial charge in [-0.05, 0) is 42.8 Å². The number of imidazole rings is 1. The van der Waals surface area contributed by atoms with E-state index in [2.05, 4.69) is 9.55 Å². The van der Waals surface area contributed by atoms with E-state index < -0.39 is 0 Å². The van der Waals surface area contributed by atoms with Gasteiger partial charge in [-0.15, -0.1) is 0 Å². The van der Waals surface area contributed by atoms with E-state index in [1.807, 2.05) is 49.5 Å². The minimum Gasteiger partial charge on any atom is -0.497 e. The molecule has 0 saturated heterocycles. The molecule has 0 saturated carbocycles. The second-order valence-electron chi connectivity index (χ2n) is 6.37.